The van der Waals surface area contributed by atoms with E-state index in [1.807, 2.05) is 69.2 Å². The monoisotopic (exact) mass is 2090 g/mol. The van der Waals surface area contributed by atoms with Crippen LogP contribution in [-0.2, 0) is 126 Å². The van der Waals surface area contributed by atoms with Gasteiger partial charge in [0, 0.05) is 32.1 Å². The molecule has 6 aliphatic rings. The quantitative estimate of drug-likeness (QED) is 0.0411. The zero-order valence-corrected chi connectivity index (χ0v) is 85.1. The van der Waals surface area contributed by atoms with E-state index >= 15 is 0 Å². The predicted octanol–water partition coefficient (Wildman–Crippen LogP) is 11.7. The number of benzene rings is 7. The number of hydrogen-bond acceptors (Lipinski definition) is 33. The highest BCUT2D eigenvalue weighted by Crippen LogP contribution is 2.49. The van der Waals surface area contributed by atoms with E-state index in [2.05, 4.69) is 72.2 Å². The first-order chi connectivity index (χ1) is 67.8. The van der Waals surface area contributed by atoms with E-state index < -0.39 is 86.2 Å². The Morgan fingerprint density at radius 3 is 0.944 bits per heavy atom. The fraction of sp³-hybridized carbons (Fsp3) is 0.362. The normalized spacial score (nSPS) is 17.7. The van der Waals surface area contributed by atoms with Crippen molar-refractivity contribution in [3.8, 4) is 0 Å². The molecule has 8 aromatic heterocycles. The van der Waals surface area contributed by atoms with Crippen LogP contribution in [-0.4, -0.2) is 221 Å². The molecule has 0 amide bonds. The van der Waals surface area contributed by atoms with E-state index in [-0.39, 0.29) is 113 Å². The van der Waals surface area contributed by atoms with Gasteiger partial charge in [0.2, 0.25) is 104 Å². The standard InChI is InChI=1S/2C14H17N3O3S.C14H13N3O3S.C13H13F2N3O2S.2C13H15N3O3S.C13H15N3O2S/c1-10-4-6-11(7-5-10)21(18,19)13-8-17(16-15-13)14(2,3)12-9-20-12;2*1-11-4-6-13(7-5-11)21(18,19)14-10-17(16-15-14)9-12-3-2-8-20-12;1-9-2-4-11(5-3-9)21(19,20)12-8-18(17-16-12)7-10-6-13(10,14)15;1-9-3-5-11(6-4-9)20(17,18)13-7-16(15-14-13)10(2)12-8-19-12;1-10-2-4-12(5-3-10)20(17,18)13-9-16(15-14-13)8-11-6-7-19-11;1-10-2-6-12(7-3-10)19(17,18)13-9-16(15-14-13)8-11-4-5-11/h4-8,12H,9H2,1-3H3;4-7,10,12H,2-3,8-9H2,1H3;2-8,10H,9H2,1H3;2-5,8,10H,6-7H2,1H3;3-7,10,12H,8H2,1-2H3;2-5,9,11H,6-8H2,1H3;2-3,6-7,9,11H,4-5,8H2,1H3. The summed E-state index contributed by atoms with van der Waals surface area (Å²) in [7, 11) is -25.4. The zero-order chi connectivity index (χ0) is 102. The van der Waals surface area contributed by atoms with Crippen LogP contribution >= 0.6 is 0 Å². The van der Waals surface area contributed by atoms with Crippen LogP contribution in [0.3, 0.4) is 0 Å². The molecule has 4 saturated heterocycles. The van der Waals surface area contributed by atoms with Gasteiger partial charge in [-0.05, 0) is 204 Å². The molecular weight excluding hydrogens is 1990 g/mol. The molecule has 0 spiro atoms. The number of alkyl halides is 2. The first-order valence-corrected chi connectivity index (χ1v) is 55.6. The summed E-state index contributed by atoms with van der Waals surface area (Å²) in [6.07, 6.45) is 17.1. The lowest BCUT2D eigenvalue weighted by molar-refractivity contribution is -0.0611. The number of rotatable bonds is 28. The Kier molecular flexibility index (Phi) is 31.7. The highest BCUT2D eigenvalue weighted by atomic mass is 32.2. The Morgan fingerprint density at radius 1 is 0.357 bits per heavy atom. The van der Waals surface area contributed by atoms with Crippen molar-refractivity contribution in [3.63, 3.8) is 0 Å². The van der Waals surface area contributed by atoms with E-state index in [0.717, 1.165) is 82.6 Å². The molecular formula is C94H105F2N21O19S7. The Morgan fingerprint density at radius 2 is 0.650 bits per heavy atom. The molecule has 0 radical (unpaired) electrons. The Bertz CT molecular complexity index is 7650. The molecule has 40 nitrogen and oxygen atoms in total. The number of hydrogen-bond donors (Lipinski definition) is 0. The average molecular weight is 2100 g/mol. The molecule has 15 aromatic rings. The van der Waals surface area contributed by atoms with Crippen molar-refractivity contribution < 1.29 is 91.1 Å². The second-order valence-corrected chi connectivity index (χ2v) is 49.1. The lowest BCUT2D eigenvalue weighted by atomic mass is 10.0. The van der Waals surface area contributed by atoms with Gasteiger partial charge < -0.3 is 23.4 Å². The third-order valence-corrected chi connectivity index (χ3v) is 35.2. The highest BCUT2D eigenvalue weighted by Gasteiger charge is 2.57. The molecule has 2 aliphatic carbocycles. The summed E-state index contributed by atoms with van der Waals surface area (Å²) in [5.74, 6) is -2.13. The largest absolute Gasteiger partial charge is 0.467 e. The fourth-order valence-corrected chi connectivity index (χ4v) is 22.1. The van der Waals surface area contributed by atoms with Gasteiger partial charge in [-0.15, -0.1) is 35.7 Å². The first-order valence-electron chi connectivity index (χ1n) is 45.3. The second kappa shape index (κ2) is 43.4. The SMILES string of the molecule is Cc1ccc(S(=O)(=O)c2cn(C(C)(C)C3CO3)nn2)cc1.Cc1ccc(S(=O)(=O)c2cn(C(C)C3CO3)nn2)cc1.Cc1ccc(S(=O)(=O)c2cn(CC3CC3(F)F)nn2)cc1.Cc1ccc(S(=O)(=O)c2cn(CC3CC3)nn2)cc1.Cc1ccc(S(=O)(=O)c2cn(CC3CCCO3)nn2)cc1.Cc1ccc(S(=O)(=O)c2cn(CC3CCO3)nn2)cc1.Cc1ccc(S(=O)(=O)c2cn(Cc3ccco3)nn2)cc1. The summed E-state index contributed by atoms with van der Waals surface area (Å²) in [4.78, 5) is 1.49. The Labute approximate surface area is 825 Å². The van der Waals surface area contributed by atoms with Crippen molar-refractivity contribution in [2.45, 2.75) is 252 Å². The third-order valence-electron chi connectivity index (χ3n) is 23.8. The fourth-order valence-electron chi connectivity index (χ4n) is 14.1. The molecule has 2 saturated carbocycles. The number of furan rings is 1. The minimum absolute atomic E-state index is 0.00975. The Hall–Kier alpha value is -12.9. The number of epoxide rings is 2. The van der Waals surface area contributed by atoms with Crippen molar-refractivity contribution in [1.82, 2.24) is 105 Å². The first kappa shape index (κ1) is 104. The number of ether oxygens (including phenoxy) is 4. The molecule has 21 rings (SSSR count). The summed E-state index contributed by atoms with van der Waals surface area (Å²) in [6.45, 7) is 24.1. The van der Waals surface area contributed by atoms with Gasteiger partial charge >= 0.3 is 0 Å². The predicted molar refractivity (Wildman–Crippen MR) is 507 cm³/mol. The van der Waals surface area contributed by atoms with Crippen LogP contribution in [0.2, 0.25) is 0 Å². The van der Waals surface area contributed by atoms with E-state index in [1.165, 1.54) is 82.4 Å². The van der Waals surface area contributed by atoms with Crippen LogP contribution < -0.4 is 0 Å². The average Bonchev–Trinajstić information content (AvgIpc) is 1.64. The Balaban J connectivity index is 0.000000126. The summed E-state index contributed by atoms with van der Waals surface area (Å²) < 4.78 is 236. The molecule has 49 heteroatoms. The maximum atomic E-state index is 12.8. The van der Waals surface area contributed by atoms with E-state index in [4.69, 9.17) is 23.4 Å². The van der Waals surface area contributed by atoms with Gasteiger partial charge in [-0.2, -0.15) is 0 Å². The number of halogens is 2. The number of sulfone groups is 7. The molecule has 6 fully saturated rings. The zero-order valence-electron chi connectivity index (χ0n) is 79.3. The van der Waals surface area contributed by atoms with Crippen LogP contribution in [0.5, 0.6) is 0 Å². The lowest BCUT2D eigenvalue weighted by Crippen LogP contribution is -2.33. The minimum Gasteiger partial charge on any atom is -0.467 e. The van der Waals surface area contributed by atoms with Gasteiger partial charge in [0.05, 0.1) is 141 Å². The maximum Gasteiger partial charge on any atom is 0.253 e. The van der Waals surface area contributed by atoms with Gasteiger partial charge in [0.25, 0.3) is 5.92 Å². The summed E-state index contributed by atoms with van der Waals surface area (Å²) in [5.41, 5.74) is 6.58. The van der Waals surface area contributed by atoms with E-state index in [0.29, 0.717) is 44.5 Å². The van der Waals surface area contributed by atoms with E-state index in [9.17, 15) is 67.7 Å². The van der Waals surface area contributed by atoms with Crippen LogP contribution in [0.15, 0.2) is 305 Å². The lowest BCUT2D eigenvalue weighted by Gasteiger charge is -2.25. The van der Waals surface area contributed by atoms with Gasteiger partial charge in [-0.1, -0.05) is 160 Å². The van der Waals surface area contributed by atoms with Crippen molar-refractivity contribution in [2.75, 3.05) is 26.4 Å². The molecule has 6 atom stereocenters. The molecule has 0 N–H and O–H groups in total. The van der Waals surface area contributed by atoms with Gasteiger partial charge in [-0.3, -0.25) is 9.36 Å². The molecule has 7 aromatic carbocycles. The summed E-state index contributed by atoms with van der Waals surface area (Å²) in [5, 5.41) is 52.9. The minimum atomic E-state index is -3.76. The molecule has 0 bridgehead atoms. The smallest absolute Gasteiger partial charge is 0.253 e. The van der Waals surface area contributed by atoms with Gasteiger partial charge in [0.15, 0.2) is 0 Å². The van der Waals surface area contributed by atoms with Crippen LogP contribution in [0.4, 0.5) is 8.78 Å². The number of aromatic nitrogens is 21. The molecule has 12 heterocycles. The molecule has 143 heavy (non-hydrogen) atoms. The van der Waals surface area contributed by atoms with Crippen molar-refractivity contribution in [1.29, 1.82) is 0 Å². The molecule has 6 unspecified atom stereocenters. The van der Waals surface area contributed by atoms with Crippen molar-refractivity contribution in [3.05, 3.63) is 276 Å². The number of nitrogens with zero attached hydrogens (tertiary/aromatic N) is 21. The van der Waals surface area contributed by atoms with Crippen LogP contribution in [0, 0.1) is 60.3 Å². The maximum absolute atomic E-state index is 12.8. The summed E-state index contributed by atoms with van der Waals surface area (Å²) >= 11 is 0. The van der Waals surface area contributed by atoms with Crippen LogP contribution in [0.25, 0.3) is 0 Å². The van der Waals surface area contributed by atoms with Crippen molar-refractivity contribution in [2.24, 2.45) is 11.8 Å². The molecule has 4 aliphatic heterocycles. The number of aryl methyl sites for hydroxylation is 7. The highest BCUT2D eigenvalue weighted by molar-refractivity contribution is 7.93. The molecule has 756 valence electrons. The third kappa shape index (κ3) is 26.2. The van der Waals surface area contributed by atoms with E-state index in [1.54, 1.807) is 190 Å². The van der Waals surface area contributed by atoms with Gasteiger partial charge in [0.1, 0.15) is 24.5 Å². The summed E-state index contributed by atoms with van der Waals surface area (Å²) in [6, 6.07) is 50.0. The van der Waals surface area contributed by atoms with Crippen molar-refractivity contribution >= 4 is 68.9 Å². The topological polar surface area (TPSA) is 511 Å². The van der Waals surface area contributed by atoms with Gasteiger partial charge in [-0.25, -0.2) is 91.1 Å². The second-order valence-electron chi connectivity index (χ2n) is 35.8. The van der Waals surface area contributed by atoms with Crippen LogP contribution in [0.1, 0.15) is 110 Å².